The monoisotopic (exact) mass is 493 g/mol. The molecular weight excluding hydrogens is 470 g/mol. The van der Waals surface area contributed by atoms with Gasteiger partial charge in [0.15, 0.2) is 11.5 Å². The van der Waals surface area contributed by atoms with Crippen molar-refractivity contribution in [3.8, 4) is 11.5 Å². The van der Waals surface area contributed by atoms with Crippen LogP contribution in [0.25, 0.3) is 0 Å². The van der Waals surface area contributed by atoms with Crippen molar-refractivity contribution in [3.05, 3.63) is 94.5 Å². The van der Waals surface area contributed by atoms with Crippen LogP contribution in [0.5, 0.6) is 11.5 Å². The molecule has 0 spiro atoms. The molecule has 35 heavy (non-hydrogen) atoms. The van der Waals surface area contributed by atoms with Crippen molar-refractivity contribution in [2.45, 2.75) is 12.8 Å². The van der Waals surface area contributed by atoms with Gasteiger partial charge in [0.1, 0.15) is 0 Å². The van der Waals surface area contributed by atoms with Crippen molar-refractivity contribution in [2.24, 2.45) is 5.10 Å². The van der Waals surface area contributed by atoms with E-state index in [2.05, 4.69) is 15.8 Å². The van der Waals surface area contributed by atoms with E-state index in [1.165, 1.54) is 13.3 Å². The first-order valence-electron chi connectivity index (χ1n) is 10.8. The predicted molar refractivity (Wildman–Crippen MR) is 133 cm³/mol. The van der Waals surface area contributed by atoms with Crippen LogP contribution >= 0.6 is 11.6 Å². The number of hydrogen-bond acceptors (Lipinski definition) is 6. The highest BCUT2D eigenvalue weighted by molar-refractivity contribution is 6.33. The van der Waals surface area contributed by atoms with Crippen molar-refractivity contribution in [1.29, 1.82) is 0 Å². The Hall–Kier alpha value is -4.17. The second-order valence-electron chi connectivity index (χ2n) is 7.30. The van der Waals surface area contributed by atoms with E-state index in [0.717, 1.165) is 0 Å². The maximum atomic E-state index is 12.3. The van der Waals surface area contributed by atoms with Crippen LogP contribution in [0, 0.1) is 0 Å². The standard InChI is InChI=1S/C26H24ClN3O5/c1-34-23-16-18(13-14-22(23)35-26(33)19-8-3-2-4-9-19)17-29-30-24(31)12-7-15-28-25(32)20-10-5-6-11-21(20)27/h2-6,8-11,13-14,16-17H,7,12,15H2,1H3,(H,28,32)(H,30,31)/b29-17+. The van der Waals surface area contributed by atoms with Crippen molar-refractivity contribution in [3.63, 3.8) is 0 Å². The molecule has 0 aliphatic heterocycles. The van der Waals surface area contributed by atoms with Crippen molar-refractivity contribution in [2.75, 3.05) is 13.7 Å². The number of halogens is 1. The fourth-order valence-corrected chi connectivity index (χ4v) is 3.23. The van der Waals surface area contributed by atoms with E-state index in [9.17, 15) is 14.4 Å². The van der Waals surface area contributed by atoms with Gasteiger partial charge in [-0.15, -0.1) is 0 Å². The predicted octanol–water partition coefficient (Wildman–Crippen LogP) is 4.23. The smallest absolute Gasteiger partial charge is 0.343 e. The van der Waals surface area contributed by atoms with E-state index in [1.807, 2.05) is 6.07 Å². The van der Waals surface area contributed by atoms with Gasteiger partial charge in [0.25, 0.3) is 5.91 Å². The molecule has 0 atom stereocenters. The zero-order valence-electron chi connectivity index (χ0n) is 19.0. The number of hydrogen-bond donors (Lipinski definition) is 2. The topological polar surface area (TPSA) is 106 Å². The van der Waals surface area contributed by atoms with Crippen LogP contribution in [0.1, 0.15) is 39.1 Å². The van der Waals surface area contributed by atoms with Crippen molar-refractivity contribution < 1.29 is 23.9 Å². The highest BCUT2D eigenvalue weighted by Gasteiger charge is 2.12. The van der Waals surface area contributed by atoms with Gasteiger partial charge < -0.3 is 14.8 Å². The fraction of sp³-hybridized carbons (Fsp3) is 0.154. The molecule has 0 saturated carbocycles. The molecule has 2 N–H and O–H groups in total. The molecular formula is C26H24ClN3O5. The molecule has 0 fully saturated rings. The van der Waals surface area contributed by atoms with Crippen LogP contribution in [0.2, 0.25) is 5.02 Å². The van der Waals surface area contributed by atoms with Crippen molar-refractivity contribution >= 4 is 35.6 Å². The van der Waals surface area contributed by atoms with Gasteiger partial charge in [0.05, 0.1) is 29.5 Å². The van der Waals surface area contributed by atoms with Crippen LogP contribution in [-0.2, 0) is 4.79 Å². The van der Waals surface area contributed by atoms with Gasteiger partial charge in [0, 0.05) is 13.0 Å². The first-order chi connectivity index (χ1) is 17.0. The average molecular weight is 494 g/mol. The highest BCUT2D eigenvalue weighted by atomic mass is 35.5. The lowest BCUT2D eigenvalue weighted by molar-refractivity contribution is -0.121. The molecule has 0 heterocycles. The third-order valence-electron chi connectivity index (χ3n) is 4.79. The van der Waals surface area contributed by atoms with E-state index in [-0.39, 0.29) is 24.0 Å². The van der Waals surface area contributed by atoms with E-state index >= 15 is 0 Å². The molecule has 2 amide bonds. The normalized spacial score (nSPS) is 10.6. The Bertz CT molecular complexity index is 1210. The van der Waals surface area contributed by atoms with Crippen LogP contribution in [0.4, 0.5) is 0 Å². The Labute approximate surface area is 207 Å². The molecule has 0 aliphatic rings. The Morgan fingerprint density at radius 1 is 0.971 bits per heavy atom. The largest absolute Gasteiger partial charge is 0.493 e. The minimum Gasteiger partial charge on any atom is -0.493 e. The minimum absolute atomic E-state index is 0.178. The summed E-state index contributed by atoms with van der Waals surface area (Å²) in [6, 6.07) is 20.3. The molecule has 0 radical (unpaired) electrons. The summed E-state index contributed by atoms with van der Waals surface area (Å²) in [5.41, 5.74) is 3.88. The Kier molecular flexibility index (Phi) is 9.39. The number of methoxy groups -OCH3 is 1. The molecule has 0 unspecified atom stereocenters. The van der Waals surface area contributed by atoms with Crippen LogP contribution in [0.15, 0.2) is 77.9 Å². The molecule has 8 nitrogen and oxygen atoms in total. The lowest BCUT2D eigenvalue weighted by Gasteiger charge is -2.10. The van der Waals surface area contributed by atoms with Crippen LogP contribution in [0.3, 0.4) is 0 Å². The number of benzene rings is 3. The quantitative estimate of drug-likeness (QED) is 0.144. The summed E-state index contributed by atoms with van der Waals surface area (Å²) in [7, 11) is 1.46. The molecule has 3 aromatic carbocycles. The summed E-state index contributed by atoms with van der Waals surface area (Å²) < 4.78 is 10.7. The SMILES string of the molecule is COc1cc(/C=N/NC(=O)CCCNC(=O)c2ccccc2Cl)ccc1OC(=O)c1ccccc1. The third-order valence-corrected chi connectivity index (χ3v) is 5.12. The number of carbonyl (C=O) groups excluding carboxylic acids is 3. The molecule has 3 rings (SSSR count). The van der Waals surface area contributed by atoms with E-state index in [0.29, 0.717) is 40.4 Å². The number of nitrogens with zero attached hydrogens (tertiary/aromatic N) is 1. The zero-order valence-corrected chi connectivity index (χ0v) is 19.7. The second-order valence-corrected chi connectivity index (χ2v) is 7.71. The van der Waals surface area contributed by atoms with Gasteiger partial charge in [-0.1, -0.05) is 41.9 Å². The molecule has 0 bridgehead atoms. The van der Waals surface area contributed by atoms with Crippen molar-refractivity contribution in [1.82, 2.24) is 10.7 Å². The maximum absolute atomic E-state index is 12.3. The molecule has 9 heteroatoms. The lowest BCUT2D eigenvalue weighted by Crippen LogP contribution is -2.26. The molecule has 0 aliphatic carbocycles. The summed E-state index contributed by atoms with van der Waals surface area (Å²) in [5.74, 6) is -0.477. The first kappa shape index (κ1) is 25.5. The summed E-state index contributed by atoms with van der Waals surface area (Å²) in [6.07, 6.45) is 2.06. The van der Waals surface area contributed by atoms with E-state index in [1.54, 1.807) is 66.7 Å². The van der Waals surface area contributed by atoms with Crippen LogP contribution < -0.4 is 20.2 Å². The highest BCUT2D eigenvalue weighted by Crippen LogP contribution is 2.28. The molecule has 0 saturated heterocycles. The molecule has 180 valence electrons. The van der Waals surface area contributed by atoms with Gasteiger partial charge in [-0.25, -0.2) is 10.2 Å². The number of carbonyl (C=O) groups is 3. The number of nitrogens with one attached hydrogen (secondary N) is 2. The number of ether oxygens (including phenoxy) is 2. The second kappa shape index (κ2) is 12.9. The van der Waals surface area contributed by atoms with Crippen LogP contribution in [-0.4, -0.2) is 37.7 Å². The summed E-state index contributed by atoms with van der Waals surface area (Å²) >= 11 is 5.99. The number of rotatable bonds is 10. The summed E-state index contributed by atoms with van der Waals surface area (Å²) in [6.45, 7) is 0.321. The van der Waals surface area contributed by atoms with Gasteiger partial charge in [-0.2, -0.15) is 5.10 Å². The average Bonchev–Trinajstić information content (AvgIpc) is 2.88. The maximum Gasteiger partial charge on any atom is 0.343 e. The Balaban J connectivity index is 1.44. The first-order valence-corrected chi connectivity index (χ1v) is 11.2. The summed E-state index contributed by atoms with van der Waals surface area (Å²) in [5, 5.41) is 7.03. The zero-order chi connectivity index (χ0) is 25.0. The van der Waals surface area contributed by atoms with E-state index in [4.69, 9.17) is 21.1 Å². The van der Waals surface area contributed by atoms with Gasteiger partial charge in [-0.3, -0.25) is 9.59 Å². The Morgan fingerprint density at radius 2 is 1.71 bits per heavy atom. The minimum atomic E-state index is -0.499. The Morgan fingerprint density at radius 3 is 2.46 bits per heavy atom. The molecule has 0 aromatic heterocycles. The third kappa shape index (κ3) is 7.68. The van der Waals surface area contributed by atoms with Gasteiger partial charge >= 0.3 is 5.97 Å². The lowest BCUT2D eigenvalue weighted by atomic mass is 10.2. The van der Waals surface area contributed by atoms with E-state index < -0.39 is 5.97 Å². The summed E-state index contributed by atoms with van der Waals surface area (Å²) in [4.78, 5) is 36.3. The number of hydrazone groups is 1. The number of esters is 1. The van der Waals surface area contributed by atoms with Gasteiger partial charge in [0.2, 0.25) is 5.91 Å². The fourth-order valence-electron chi connectivity index (χ4n) is 3.01. The molecule has 3 aromatic rings. The number of amides is 2. The van der Waals surface area contributed by atoms with Gasteiger partial charge in [-0.05, 0) is 54.4 Å².